The lowest BCUT2D eigenvalue weighted by molar-refractivity contribution is -0.126. The Labute approximate surface area is 205 Å². The second kappa shape index (κ2) is 10.3. The minimum absolute atomic E-state index is 0.152. The number of carbonyl (C=O) groups excluding carboxylic acids is 1. The van der Waals surface area contributed by atoms with Gasteiger partial charge in [0, 0.05) is 40.9 Å². The van der Waals surface area contributed by atoms with Crippen molar-refractivity contribution in [2.24, 2.45) is 5.92 Å². The highest BCUT2D eigenvalue weighted by Crippen LogP contribution is 2.29. The highest BCUT2D eigenvalue weighted by Gasteiger charge is 2.32. The minimum atomic E-state index is -3.63. The summed E-state index contributed by atoms with van der Waals surface area (Å²) in [5.74, 6) is -0.748. The van der Waals surface area contributed by atoms with Crippen LogP contribution in [0.2, 0.25) is 10.0 Å². The van der Waals surface area contributed by atoms with Gasteiger partial charge in [-0.25, -0.2) is 21.1 Å². The average molecular weight is 533 g/mol. The second-order valence-electron chi connectivity index (χ2n) is 8.20. The Hall–Kier alpha value is -1.65. The van der Waals surface area contributed by atoms with Gasteiger partial charge in [0.1, 0.15) is 0 Å². The molecular weight excluding hydrogens is 507 g/mol. The molecule has 1 aliphatic rings. The van der Waals surface area contributed by atoms with Crippen molar-refractivity contribution in [3.8, 4) is 0 Å². The number of carbonyl (C=O) groups is 1. The van der Waals surface area contributed by atoms with Crippen LogP contribution in [0.25, 0.3) is 0 Å². The highest BCUT2D eigenvalue weighted by molar-refractivity contribution is 7.90. The fourth-order valence-electron chi connectivity index (χ4n) is 3.76. The van der Waals surface area contributed by atoms with Gasteiger partial charge in [-0.1, -0.05) is 41.4 Å². The van der Waals surface area contributed by atoms with Gasteiger partial charge in [-0.3, -0.25) is 4.79 Å². The Kier molecular flexibility index (Phi) is 8.11. The molecule has 33 heavy (non-hydrogen) atoms. The third-order valence-electron chi connectivity index (χ3n) is 5.77. The Morgan fingerprint density at radius 2 is 1.58 bits per heavy atom. The zero-order valence-corrected chi connectivity index (χ0v) is 21.4. The van der Waals surface area contributed by atoms with Crippen LogP contribution in [0.4, 0.5) is 0 Å². The van der Waals surface area contributed by atoms with Crippen molar-refractivity contribution in [3.05, 3.63) is 63.6 Å². The number of hydrogen-bond acceptors (Lipinski definition) is 5. The van der Waals surface area contributed by atoms with E-state index in [4.69, 9.17) is 23.2 Å². The van der Waals surface area contributed by atoms with Gasteiger partial charge in [0.15, 0.2) is 9.84 Å². The quantitative estimate of drug-likeness (QED) is 0.584. The van der Waals surface area contributed by atoms with E-state index in [2.05, 4.69) is 5.32 Å². The van der Waals surface area contributed by atoms with Gasteiger partial charge >= 0.3 is 0 Å². The van der Waals surface area contributed by atoms with E-state index in [1.807, 2.05) is 6.92 Å². The van der Waals surface area contributed by atoms with Crippen molar-refractivity contribution in [2.75, 3.05) is 19.3 Å². The summed E-state index contributed by atoms with van der Waals surface area (Å²) in [6, 6.07) is 10.9. The van der Waals surface area contributed by atoms with Gasteiger partial charge in [-0.15, -0.1) is 0 Å². The molecule has 0 spiro atoms. The van der Waals surface area contributed by atoms with Crippen molar-refractivity contribution >= 4 is 49.0 Å². The number of amides is 1. The maximum absolute atomic E-state index is 12.9. The lowest BCUT2D eigenvalue weighted by Gasteiger charge is -2.31. The average Bonchev–Trinajstić information content (AvgIpc) is 2.76. The molecule has 2 aromatic rings. The third-order valence-corrected chi connectivity index (χ3v) is 9.42. The standard InChI is InChI=1S/C22H26Cl2N2O5S2/c1-15(16-6-8-18(9-7-16)32(2,28)29)25-22(27)17-10-12-26(13-11-17)33(30,31)14-19-20(23)4-3-5-21(19)24/h3-9,15,17H,10-14H2,1-2H3,(H,25,27)/t15-/m1/s1. The van der Waals surface area contributed by atoms with Crippen molar-refractivity contribution in [1.29, 1.82) is 0 Å². The van der Waals surface area contributed by atoms with Crippen LogP contribution in [-0.2, 0) is 30.4 Å². The maximum Gasteiger partial charge on any atom is 0.223 e. The van der Waals surface area contributed by atoms with Gasteiger partial charge < -0.3 is 5.32 Å². The van der Waals surface area contributed by atoms with Crippen LogP contribution in [0.5, 0.6) is 0 Å². The summed E-state index contributed by atoms with van der Waals surface area (Å²) < 4.78 is 50.3. The molecule has 0 unspecified atom stereocenters. The smallest absolute Gasteiger partial charge is 0.223 e. The summed E-state index contributed by atoms with van der Waals surface area (Å²) in [5.41, 5.74) is 1.16. The number of piperidine rings is 1. The van der Waals surface area contributed by atoms with Crippen LogP contribution in [0.15, 0.2) is 47.4 Å². The molecular formula is C22H26Cl2N2O5S2. The number of benzene rings is 2. The first-order valence-corrected chi connectivity index (χ1v) is 14.7. The van der Waals surface area contributed by atoms with E-state index in [-0.39, 0.29) is 41.6 Å². The zero-order valence-electron chi connectivity index (χ0n) is 18.3. The molecule has 1 atom stereocenters. The van der Waals surface area contributed by atoms with Crippen molar-refractivity contribution in [1.82, 2.24) is 9.62 Å². The molecule has 0 aromatic heterocycles. The molecule has 2 aromatic carbocycles. The topological polar surface area (TPSA) is 101 Å². The first-order valence-electron chi connectivity index (χ1n) is 10.4. The number of hydrogen-bond donors (Lipinski definition) is 1. The van der Waals surface area contributed by atoms with Crippen LogP contribution in [0, 0.1) is 5.92 Å². The summed E-state index contributed by atoms with van der Waals surface area (Å²) in [7, 11) is -6.91. The van der Waals surface area contributed by atoms with Crippen molar-refractivity contribution in [3.63, 3.8) is 0 Å². The Morgan fingerprint density at radius 3 is 2.09 bits per heavy atom. The monoisotopic (exact) mass is 532 g/mol. The fourth-order valence-corrected chi connectivity index (χ4v) is 6.70. The number of sulfone groups is 1. The summed E-state index contributed by atoms with van der Waals surface area (Å²) >= 11 is 12.2. The summed E-state index contributed by atoms with van der Waals surface area (Å²) in [6.07, 6.45) is 1.95. The van der Waals surface area contributed by atoms with Crippen molar-refractivity contribution in [2.45, 2.75) is 36.5 Å². The lowest BCUT2D eigenvalue weighted by atomic mass is 9.96. The van der Waals surface area contributed by atoms with Gasteiger partial charge in [0.2, 0.25) is 15.9 Å². The zero-order chi connectivity index (χ0) is 24.4. The summed E-state index contributed by atoms with van der Waals surface area (Å²) in [6.45, 7) is 2.29. The molecule has 7 nitrogen and oxygen atoms in total. The largest absolute Gasteiger partial charge is 0.349 e. The van der Waals surface area contributed by atoms with Gasteiger partial charge in [0.25, 0.3) is 0 Å². The molecule has 3 rings (SSSR count). The molecule has 1 N–H and O–H groups in total. The summed E-state index contributed by atoms with van der Waals surface area (Å²) in [5, 5.41) is 3.55. The van der Waals surface area contributed by atoms with Crippen LogP contribution < -0.4 is 5.32 Å². The fraction of sp³-hybridized carbons (Fsp3) is 0.409. The first-order chi connectivity index (χ1) is 15.4. The van der Waals surface area contributed by atoms with Crippen LogP contribution in [-0.4, -0.2) is 46.4 Å². The molecule has 0 radical (unpaired) electrons. The van der Waals surface area contributed by atoms with E-state index in [0.717, 1.165) is 11.8 Å². The molecule has 0 aliphatic carbocycles. The predicted molar refractivity (Wildman–Crippen MR) is 129 cm³/mol. The SMILES string of the molecule is C[C@@H](NC(=O)C1CCN(S(=O)(=O)Cc2c(Cl)cccc2Cl)CC1)c1ccc(S(C)(=O)=O)cc1. The molecule has 1 aliphatic heterocycles. The number of nitrogens with one attached hydrogen (secondary N) is 1. The molecule has 11 heteroatoms. The number of halogens is 2. The summed E-state index contributed by atoms with van der Waals surface area (Å²) in [4.78, 5) is 13.0. The van der Waals surface area contributed by atoms with E-state index >= 15 is 0 Å². The van der Waals surface area contributed by atoms with E-state index in [1.54, 1.807) is 30.3 Å². The molecule has 1 heterocycles. The van der Waals surface area contributed by atoms with E-state index in [9.17, 15) is 21.6 Å². The molecule has 180 valence electrons. The Bertz CT molecular complexity index is 1200. The number of rotatable bonds is 7. The van der Waals surface area contributed by atoms with E-state index in [0.29, 0.717) is 28.5 Å². The Morgan fingerprint density at radius 1 is 1.03 bits per heavy atom. The predicted octanol–water partition coefficient (Wildman–Crippen LogP) is 3.82. The molecule has 1 saturated heterocycles. The van der Waals surface area contributed by atoms with Gasteiger partial charge in [-0.05, 0) is 49.6 Å². The number of nitrogens with zero attached hydrogens (tertiary/aromatic N) is 1. The normalized spacial score (nSPS) is 17.0. The maximum atomic E-state index is 12.9. The molecule has 1 amide bonds. The van der Waals surface area contributed by atoms with E-state index in [1.165, 1.54) is 16.4 Å². The minimum Gasteiger partial charge on any atom is -0.349 e. The Balaban J connectivity index is 1.57. The molecule has 1 fully saturated rings. The first kappa shape index (κ1) is 26.0. The van der Waals surface area contributed by atoms with E-state index < -0.39 is 19.9 Å². The van der Waals surface area contributed by atoms with Gasteiger partial charge in [-0.2, -0.15) is 0 Å². The lowest BCUT2D eigenvalue weighted by Crippen LogP contribution is -2.43. The van der Waals surface area contributed by atoms with Crippen molar-refractivity contribution < 1.29 is 21.6 Å². The molecule has 0 bridgehead atoms. The second-order valence-corrected chi connectivity index (χ2v) is 13.0. The molecule has 0 saturated carbocycles. The van der Waals surface area contributed by atoms with Crippen LogP contribution in [0.1, 0.15) is 36.9 Å². The third kappa shape index (κ3) is 6.48. The number of sulfonamides is 1. The van der Waals surface area contributed by atoms with Crippen LogP contribution >= 0.6 is 23.2 Å². The van der Waals surface area contributed by atoms with Crippen LogP contribution in [0.3, 0.4) is 0 Å². The van der Waals surface area contributed by atoms with Gasteiger partial charge in [0.05, 0.1) is 16.7 Å². The highest BCUT2D eigenvalue weighted by atomic mass is 35.5.